The van der Waals surface area contributed by atoms with E-state index in [0.29, 0.717) is 24.4 Å². The van der Waals surface area contributed by atoms with E-state index < -0.39 is 10.0 Å². The predicted octanol–water partition coefficient (Wildman–Crippen LogP) is 4.03. The van der Waals surface area contributed by atoms with E-state index in [1.807, 2.05) is 67.6 Å². The Kier molecular flexibility index (Phi) is 7.32. The Morgan fingerprint density at radius 2 is 1.76 bits per heavy atom. The van der Waals surface area contributed by atoms with Crippen LogP contribution in [-0.2, 0) is 15.8 Å². The summed E-state index contributed by atoms with van der Waals surface area (Å²) in [5.74, 6) is 1.26. The van der Waals surface area contributed by atoms with Crippen LogP contribution in [0, 0.1) is 6.92 Å². The lowest BCUT2D eigenvalue weighted by atomic mass is 10.2. The van der Waals surface area contributed by atoms with Gasteiger partial charge in [-0.05, 0) is 30.7 Å². The van der Waals surface area contributed by atoms with Gasteiger partial charge in [0.2, 0.25) is 10.0 Å². The number of rotatable bonds is 7. The summed E-state index contributed by atoms with van der Waals surface area (Å²) in [6, 6.07) is 18.6. The lowest BCUT2D eigenvalue weighted by Crippen LogP contribution is -2.50. The second-order valence-electron chi connectivity index (χ2n) is 7.66. The van der Waals surface area contributed by atoms with Crippen LogP contribution in [0.15, 0.2) is 75.5 Å². The summed E-state index contributed by atoms with van der Waals surface area (Å²) in [7, 11) is -3.55. The standard InChI is InChI=1S/C24H25N3O4S2/c1-19-17-21(25-31-19)18-32-23-10-6-5-9-22(23)24(28)26-12-14-27(15-13-26)33(29,30)16-11-20-7-3-2-4-8-20/h2-11,16-17H,12-15,18H2,1H3. The van der Waals surface area contributed by atoms with Crippen LogP contribution in [0.2, 0.25) is 0 Å². The Hall–Kier alpha value is -2.88. The largest absolute Gasteiger partial charge is 0.361 e. The van der Waals surface area contributed by atoms with Crippen molar-refractivity contribution in [1.82, 2.24) is 14.4 Å². The number of carbonyl (C=O) groups excluding carboxylic acids is 1. The van der Waals surface area contributed by atoms with Crippen LogP contribution in [0.3, 0.4) is 0 Å². The maximum Gasteiger partial charge on any atom is 0.255 e. The Balaban J connectivity index is 1.38. The van der Waals surface area contributed by atoms with Crippen molar-refractivity contribution in [2.75, 3.05) is 26.2 Å². The van der Waals surface area contributed by atoms with Gasteiger partial charge in [0, 0.05) is 48.3 Å². The van der Waals surface area contributed by atoms with Crippen LogP contribution in [0.25, 0.3) is 6.08 Å². The molecule has 1 aliphatic heterocycles. The zero-order chi connectivity index (χ0) is 23.3. The fraction of sp³-hybridized carbons (Fsp3) is 0.250. The second kappa shape index (κ2) is 10.4. The van der Waals surface area contributed by atoms with Crippen molar-refractivity contribution >= 4 is 33.8 Å². The number of amides is 1. The van der Waals surface area contributed by atoms with E-state index >= 15 is 0 Å². The predicted molar refractivity (Wildman–Crippen MR) is 129 cm³/mol. The SMILES string of the molecule is Cc1cc(CSc2ccccc2C(=O)N2CCN(S(=O)(=O)C=Cc3ccccc3)CC2)no1. The van der Waals surface area contributed by atoms with Crippen LogP contribution in [0.1, 0.15) is 27.4 Å². The smallest absolute Gasteiger partial charge is 0.255 e. The van der Waals surface area contributed by atoms with Crippen molar-refractivity contribution < 1.29 is 17.7 Å². The van der Waals surface area contributed by atoms with Gasteiger partial charge in [-0.15, -0.1) is 11.8 Å². The summed E-state index contributed by atoms with van der Waals surface area (Å²) in [4.78, 5) is 15.8. The number of carbonyl (C=O) groups is 1. The molecule has 0 saturated carbocycles. The van der Waals surface area contributed by atoms with E-state index in [2.05, 4.69) is 5.16 Å². The minimum Gasteiger partial charge on any atom is -0.361 e. The van der Waals surface area contributed by atoms with Gasteiger partial charge in [0.15, 0.2) is 0 Å². The number of nitrogens with zero attached hydrogens (tertiary/aromatic N) is 3. The molecular weight excluding hydrogens is 458 g/mol. The third kappa shape index (κ3) is 5.93. The zero-order valence-electron chi connectivity index (χ0n) is 18.3. The molecule has 3 aromatic rings. The van der Waals surface area contributed by atoms with Crippen LogP contribution in [0.5, 0.6) is 0 Å². The average molecular weight is 484 g/mol. The molecule has 1 aromatic heterocycles. The van der Waals surface area contributed by atoms with E-state index in [0.717, 1.165) is 21.9 Å². The first-order chi connectivity index (χ1) is 15.9. The topological polar surface area (TPSA) is 83.7 Å². The van der Waals surface area contributed by atoms with Crippen LogP contribution in [-0.4, -0.2) is 54.9 Å². The number of hydrogen-bond donors (Lipinski definition) is 0. The summed E-state index contributed by atoms with van der Waals surface area (Å²) in [5, 5.41) is 5.24. The lowest BCUT2D eigenvalue weighted by Gasteiger charge is -2.33. The van der Waals surface area contributed by atoms with Gasteiger partial charge in [-0.1, -0.05) is 47.6 Å². The summed E-state index contributed by atoms with van der Waals surface area (Å²) >= 11 is 1.53. The van der Waals surface area contributed by atoms with Gasteiger partial charge in [-0.25, -0.2) is 8.42 Å². The quantitative estimate of drug-likeness (QED) is 0.472. The summed E-state index contributed by atoms with van der Waals surface area (Å²) in [6.07, 6.45) is 1.59. The number of hydrogen-bond acceptors (Lipinski definition) is 6. The Morgan fingerprint density at radius 1 is 1.06 bits per heavy atom. The molecule has 0 aliphatic carbocycles. The highest BCUT2D eigenvalue weighted by Gasteiger charge is 2.28. The molecule has 9 heteroatoms. The number of aromatic nitrogens is 1. The molecule has 0 radical (unpaired) electrons. The number of aryl methyl sites for hydroxylation is 1. The molecule has 0 spiro atoms. The fourth-order valence-electron chi connectivity index (χ4n) is 3.54. The van der Waals surface area contributed by atoms with E-state index in [1.54, 1.807) is 11.0 Å². The van der Waals surface area contributed by atoms with Crippen LogP contribution < -0.4 is 0 Å². The minimum absolute atomic E-state index is 0.0914. The molecular formula is C24H25N3O4S2. The maximum absolute atomic E-state index is 13.2. The highest BCUT2D eigenvalue weighted by atomic mass is 32.2. The second-order valence-corrected chi connectivity index (χ2v) is 10.5. The highest BCUT2D eigenvalue weighted by molar-refractivity contribution is 7.98. The van der Waals surface area contributed by atoms with Gasteiger partial charge >= 0.3 is 0 Å². The Labute approximate surface area is 198 Å². The Bertz CT molecular complexity index is 1230. The summed E-state index contributed by atoms with van der Waals surface area (Å²) in [5.41, 5.74) is 2.26. The van der Waals surface area contributed by atoms with Gasteiger partial charge in [-0.3, -0.25) is 4.79 Å². The van der Waals surface area contributed by atoms with Crippen molar-refractivity contribution in [1.29, 1.82) is 0 Å². The molecule has 0 unspecified atom stereocenters. The summed E-state index contributed by atoms with van der Waals surface area (Å²) < 4.78 is 31.9. The monoisotopic (exact) mass is 483 g/mol. The molecule has 0 N–H and O–H groups in total. The zero-order valence-corrected chi connectivity index (χ0v) is 19.9. The number of piperazine rings is 1. The first-order valence-electron chi connectivity index (χ1n) is 10.6. The van der Waals surface area contributed by atoms with E-state index in [1.165, 1.54) is 21.5 Å². The molecule has 172 valence electrons. The summed E-state index contributed by atoms with van der Waals surface area (Å²) in [6.45, 7) is 3.06. The molecule has 1 fully saturated rings. The lowest BCUT2D eigenvalue weighted by molar-refractivity contribution is 0.0695. The minimum atomic E-state index is -3.55. The van der Waals surface area contributed by atoms with Crippen LogP contribution in [0.4, 0.5) is 0 Å². The molecule has 1 amide bonds. The molecule has 1 saturated heterocycles. The van der Waals surface area contributed by atoms with Crippen molar-refractivity contribution in [3.8, 4) is 0 Å². The average Bonchev–Trinajstić information content (AvgIpc) is 3.27. The third-order valence-corrected chi connectivity index (χ3v) is 7.96. The normalized spacial score (nSPS) is 15.2. The van der Waals surface area contributed by atoms with Crippen LogP contribution >= 0.6 is 11.8 Å². The van der Waals surface area contributed by atoms with Crippen molar-refractivity contribution in [2.45, 2.75) is 17.6 Å². The molecule has 1 aliphatic rings. The van der Waals surface area contributed by atoms with Gasteiger partial charge in [0.25, 0.3) is 5.91 Å². The molecule has 2 aromatic carbocycles. The third-order valence-electron chi connectivity index (χ3n) is 5.29. The van der Waals surface area contributed by atoms with E-state index in [4.69, 9.17) is 4.52 Å². The molecule has 2 heterocycles. The first-order valence-corrected chi connectivity index (χ1v) is 13.1. The van der Waals surface area contributed by atoms with Gasteiger partial charge in [0.1, 0.15) is 5.76 Å². The van der Waals surface area contributed by atoms with Gasteiger partial charge < -0.3 is 9.42 Å². The van der Waals surface area contributed by atoms with Gasteiger partial charge in [-0.2, -0.15) is 4.31 Å². The molecule has 4 rings (SSSR count). The highest BCUT2D eigenvalue weighted by Crippen LogP contribution is 2.27. The number of sulfonamides is 1. The molecule has 33 heavy (non-hydrogen) atoms. The molecule has 7 nitrogen and oxygen atoms in total. The number of benzene rings is 2. The van der Waals surface area contributed by atoms with E-state index in [9.17, 15) is 13.2 Å². The molecule has 0 bridgehead atoms. The number of thioether (sulfide) groups is 1. The van der Waals surface area contributed by atoms with Crippen molar-refractivity contribution in [3.05, 3.63) is 88.7 Å². The fourth-order valence-corrected chi connectivity index (χ4v) is 5.64. The van der Waals surface area contributed by atoms with E-state index in [-0.39, 0.29) is 19.0 Å². The van der Waals surface area contributed by atoms with Crippen molar-refractivity contribution in [2.24, 2.45) is 0 Å². The maximum atomic E-state index is 13.2. The first kappa shape index (κ1) is 23.3. The van der Waals surface area contributed by atoms with Crippen molar-refractivity contribution in [3.63, 3.8) is 0 Å². The van der Waals surface area contributed by atoms with Gasteiger partial charge in [0.05, 0.1) is 11.3 Å². The Morgan fingerprint density at radius 3 is 2.45 bits per heavy atom. The molecule has 0 atom stereocenters.